The van der Waals surface area contributed by atoms with Gasteiger partial charge >= 0.3 is 5.97 Å². The zero-order chi connectivity index (χ0) is 27.0. The number of hydrogen-bond acceptors (Lipinski definition) is 7. The van der Waals surface area contributed by atoms with Crippen LogP contribution in [0.2, 0.25) is 10.0 Å². The number of carboxylic acid groups (broad SMARTS) is 1. The number of aromatic carboxylic acids is 1. The van der Waals surface area contributed by atoms with Gasteiger partial charge in [0, 0.05) is 51.1 Å². The van der Waals surface area contributed by atoms with Crippen molar-refractivity contribution in [2.75, 3.05) is 51.4 Å². The summed E-state index contributed by atoms with van der Waals surface area (Å²) in [6.45, 7) is 6.03. The summed E-state index contributed by atoms with van der Waals surface area (Å²) in [7, 11) is 1.67. The highest BCUT2D eigenvalue weighted by Crippen LogP contribution is 2.38. The Morgan fingerprint density at radius 3 is 2.76 bits per heavy atom. The van der Waals surface area contributed by atoms with Gasteiger partial charge in [0.2, 0.25) is 11.3 Å². The summed E-state index contributed by atoms with van der Waals surface area (Å²) < 4.78 is 13.1. The molecule has 11 heteroatoms. The Hall–Kier alpha value is -2.85. The van der Waals surface area contributed by atoms with Gasteiger partial charge in [-0.15, -0.1) is 0 Å². The summed E-state index contributed by atoms with van der Waals surface area (Å²) in [5.41, 5.74) is 0.249. The Kier molecular flexibility index (Phi) is 7.55. The van der Waals surface area contributed by atoms with Gasteiger partial charge in [-0.05, 0) is 44.0 Å². The van der Waals surface area contributed by atoms with Crippen LogP contribution < -0.4 is 15.1 Å². The molecular formula is C27H30Cl2N4O5. The van der Waals surface area contributed by atoms with Crippen LogP contribution >= 0.6 is 23.2 Å². The lowest BCUT2D eigenvalue weighted by atomic mass is 9.90. The minimum atomic E-state index is -1.25. The monoisotopic (exact) mass is 560 g/mol. The van der Waals surface area contributed by atoms with Crippen molar-refractivity contribution in [2.45, 2.75) is 31.3 Å². The molecule has 9 nitrogen and oxygen atoms in total. The zero-order valence-electron chi connectivity index (χ0n) is 21.3. The van der Waals surface area contributed by atoms with E-state index in [1.807, 2.05) is 10.6 Å². The number of benzene rings is 1. The van der Waals surface area contributed by atoms with Crippen molar-refractivity contribution < 1.29 is 19.4 Å². The van der Waals surface area contributed by atoms with E-state index in [4.69, 9.17) is 32.7 Å². The number of carbonyl (C=O) groups is 1. The SMILES string of the molecule is COCCN1CC(C)(n2cc(C(=O)O)c(=O)c3cc(Cl)c(N4CCC[C@@H]4COc4ncccc4Cl)cc32)C1. The van der Waals surface area contributed by atoms with Crippen molar-refractivity contribution in [3.05, 3.63) is 62.5 Å². The molecule has 5 rings (SSSR count). The van der Waals surface area contributed by atoms with Crippen molar-refractivity contribution in [1.29, 1.82) is 0 Å². The van der Waals surface area contributed by atoms with E-state index in [-0.39, 0.29) is 11.6 Å². The van der Waals surface area contributed by atoms with Crippen LogP contribution in [-0.4, -0.2) is 78.1 Å². The summed E-state index contributed by atoms with van der Waals surface area (Å²) in [6.07, 6.45) is 4.97. The zero-order valence-corrected chi connectivity index (χ0v) is 22.8. The first-order valence-corrected chi connectivity index (χ1v) is 13.3. The van der Waals surface area contributed by atoms with E-state index >= 15 is 0 Å². The first kappa shape index (κ1) is 26.7. The van der Waals surface area contributed by atoms with Gasteiger partial charge < -0.3 is 24.0 Å². The molecule has 0 amide bonds. The molecule has 2 fully saturated rings. The number of nitrogens with zero attached hydrogens (tertiary/aromatic N) is 4. The standard InChI is InChI=1S/C27H30Cl2N4O5/c1-27(15-31(16-27)9-10-37-2)33-13-19(26(35)36)24(34)18-11-21(29)23(12-22(18)33)32-8-4-5-17(32)14-38-25-20(28)6-3-7-30-25/h3,6-7,11-13,17H,4-5,8-10,14-16H2,1-2H3,(H,35,36)/t17-/m1/s1. The van der Waals surface area contributed by atoms with Crippen LogP contribution in [0.3, 0.4) is 0 Å². The second-order valence-electron chi connectivity index (χ2n) is 10.2. The summed E-state index contributed by atoms with van der Waals surface area (Å²) in [6, 6.07) is 7.04. The molecule has 2 aromatic heterocycles. The molecule has 0 unspecified atom stereocenters. The van der Waals surface area contributed by atoms with Gasteiger partial charge in [-0.1, -0.05) is 23.2 Å². The number of anilines is 1. The van der Waals surface area contributed by atoms with Crippen molar-refractivity contribution in [3.8, 4) is 5.88 Å². The Bertz CT molecular complexity index is 1420. The van der Waals surface area contributed by atoms with Gasteiger partial charge in [0.1, 0.15) is 17.2 Å². The number of pyridine rings is 2. The molecule has 2 aliphatic rings. The normalized spacial score (nSPS) is 19.1. The highest BCUT2D eigenvalue weighted by atomic mass is 35.5. The molecule has 202 valence electrons. The van der Waals surface area contributed by atoms with Crippen LogP contribution in [0.5, 0.6) is 5.88 Å². The molecule has 0 bridgehead atoms. The lowest BCUT2D eigenvalue weighted by Crippen LogP contribution is -2.61. The quantitative estimate of drug-likeness (QED) is 0.417. The van der Waals surface area contributed by atoms with E-state index in [1.165, 1.54) is 6.20 Å². The molecule has 2 aliphatic heterocycles. The van der Waals surface area contributed by atoms with E-state index in [0.717, 1.165) is 31.6 Å². The number of likely N-dealkylation sites (tertiary alicyclic amines) is 1. The Morgan fingerprint density at radius 2 is 2.05 bits per heavy atom. The minimum Gasteiger partial charge on any atom is -0.477 e. The first-order valence-electron chi connectivity index (χ1n) is 12.6. The topological polar surface area (TPSA) is 97.1 Å². The summed E-state index contributed by atoms with van der Waals surface area (Å²) in [4.78, 5) is 33.8. The van der Waals surface area contributed by atoms with Crippen LogP contribution in [0.1, 0.15) is 30.1 Å². The van der Waals surface area contributed by atoms with Crippen molar-refractivity contribution in [1.82, 2.24) is 14.5 Å². The number of carboxylic acids is 1. The Balaban J connectivity index is 1.52. The van der Waals surface area contributed by atoms with E-state index in [2.05, 4.69) is 21.7 Å². The van der Waals surface area contributed by atoms with Gasteiger partial charge in [-0.3, -0.25) is 9.69 Å². The fraction of sp³-hybridized carbons (Fsp3) is 0.444. The highest BCUT2D eigenvalue weighted by Gasteiger charge is 2.41. The maximum atomic E-state index is 13.2. The molecule has 38 heavy (non-hydrogen) atoms. The average molecular weight is 561 g/mol. The van der Waals surface area contributed by atoms with Crippen molar-refractivity contribution in [2.24, 2.45) is 0 Å². The maximum Gasteiger partial charge on any atom is 0.341 e. The largest absolute Gasteiger partial charge is 0.477 e. The molecule has 0 aliphatic carbocycles. The minimum absolute atomic E-state index is 0.0327. The van der Waals surface area contributed by atoms with E-state index in [1.54, 1.807) is 31.5 Å². The van der Waals surface area contributed by atoms with Crippen LogP contribution in [0, 0.1) is 0 Å². The van der Waals surface area contributed by atoms with Crippen LogP contribution in [0.4, 0.5) is 5.69 Å². The third kappa shape index (κ3) is 4.96. The molecule has 1 atom stereocenters. The number of ether oxygens (including phenoxy) is 2. The van der Waals surface area contributed by atoms with Gasteiger partial charge in [0.05, 0.1) is 34.4 Å². The van der Waals surface area contributed by atoms with Gasteiger partial charge in [0.15, 0.2) is 0 Å². The third-order valence-corrected chi connectivity index (χ3v) is 8.04. The third-order valence-electron chi connectivity index (χ3n) is 7.45. The number of hydrogen-bond donors (Lipinski definition) is 1. The Labute approximate surface area is 230 Å². The molecule has 0 saturated carbocycles. The lowest BCUT2D eigenvalue weighted by Gasteiger charge is -2.50. The smallest absolute Gasteiger partial charge is 0.341 e. The molecule has 3 aromatic rings. The van der Waals surface area contributed by atoms with Crippen molar-refractivity contribution in [3.63, 3.8) is 0 Å². The molecule has 0 radical (unpaired) electrons. The number of fused-ring (bicyclic) bond motifs is 1. The fourth-order valence-electron chi connectivity index (χ4n) is 5.58. The first-order chi connectivity index (χ1) is 18.2. The summed E-state index contributed by atoms with van der Waals surface area (Å²) >= 11 is 13.0. The van der Waals surface area contributed by atoms with Gasteiger partial charge in [-0.25, -0.2) is 9.78 Å². The number of rotatable bonds is 9. The summed E-state index contributed by atoms with van der Waals surface area (Å²) in [5, 5.41) is 10.9. The van der Waals surface area contributed by atoms with Gasteiger partial charge in [-0.2, -0.15) is 0 Å². The lowest BCUT2D eigenvalue weighted by molar-refractivity contribution is 0.0102. The predicted molar refractivity (Wildman–Crippen MR) is 147 cm³/mol. The maximum absolute atomic E-state index is 13.2. The van der Waals surface area contributed by atoms with E-state index in [0.29, 0.717) is 53.1 Å². The number of aromatic nitrogens is 2. The second kappa shape index (κ2) is 10.7. The molecular weight excluding hydrogens is 531 g/mol. The van der Waals surface area contributed by atoms with Gasteiger partial charge in [0.25, 0.3) is 0 Å². The van der Waals surface area contributed by atoms with E-state index < -0.39 is 16.9 Å². The van der Waals surface area contributed by atoms with Crippen LogP contribution in [0.15, 0.2) is 41.5 Å². The van der Waals surface area contributed by atoms with Crippen LogP contribution in [0.25, 0.3) is 10.9 Å². The molecule has 1 N–H and O–H groups in total. The molecule has 2 saturated heterocycles. The summed E-state index contributed by atoms with van der Waals surface area (Å²) in [5.74, 6) is -0.869. The Morgan fingerprint density at radius 1 is 1.26 bits per heavy atom. The highest BCUT2D eigenvalue weighted by molar-refractivity contribution is 6.34. The van der Waals surface area contributed by atoms with E-state index in [9.17, 15) is 14.7 Å². The number of halogens is 2. The molecule has 4 heterocycles. The fourth-order valence-corrected chi connectivity index (χ4v) is 6.03. The molecule has 1 aromatic carbocycles. The number of methoxy groups -OCH3 is 1. The predicted octanol–water partition coefficient (Wildman–Crippen LogP) is 4.13. The molecule has 0 spiro atoms. The van der Waals surface area contributed by atoms with Crippen molar-refractivity contribution >= 4 is 45.8 Å². The average Bonchev–Trinajstić information content (AvgIpc) is 3.33. The van der Waals surface area contributed by atoms with Crippen LogP contribution in [-0.2, 0) is 10.3 Å². The second-order valence-corrected chi connectivity index (χ2v) is 11.0.